The number of aryl methyl sites for hydroxylation is 1. The van der Waals surface area contributed by atoms with Gasteiger partial charge in [0, 0.05) is 5.92 Å². The highest BCUT2D eigenvalue weighted by atomic mass is 127. The van der Waals surface area contributed by atoms with Crippen LogP contribution in [-0.2, 0) is 6.42 Å². The number of rotatable bonds is 1. The van der Waals surface area contributed by atoms with Crippen LogP contribution in [0.3, 0.4) is 0 Å². The SMILES string of the molecule is Ic1nnc(C2CCCc3ccccc32)s1. The van der Waals surface area contributed by atoms with E-state index in [2.05, 4.69) is 57.1 Å². The van der Waals surface area contributed by atoms with Gasteiger partial charge in [0.1, 0.15) is 5.01 Å². The summed E-state index contributed by atoms with van der Waals surface area (Å²) >= 11 is 3.96. The molecule has 0 N–H and O–H groups in total. The number of nitrogens with zero attached hydrogens (tertiary/aromatic N) is 2. The van der Waals surface area contributed by atoms with Crippen LogP contribution in [0, 0.1) is 3.01 Å². The lowest BCUT2D eigenvalue weighted by atomic mass is 9.83. The van der Waals surface area contributed by atoms with Crippen LogP contribution in [0.4, 0.5) is 0 Å². The Morgan fingerprint density at radius 3 is 2.94 bits per heavy atom. The van der Waals surface area contributed by atoms with Crippen LogP contribution in [0.25, 0.3) is 0 Å². The van der Waals surface area contributed by atoms with E-state index in [0.29, 0.717) is 5.92 Å². The highest BCUT2D eigenvalue weighted by Crippen LogP contribution is 2.37. The van der Waals surface area contributed by atoms with E-state index in [1.807, 2.05) is 0 Å². The lowest BCUT2D eigenvalue weighted by Gasteiger charge is -2.23. The first-order chi connectivity index (χ1) is 7.84. The Bertz CT molecular complexity index is 509. The quantitative estimate of drug-likeness (QED) is 0.740. The number of fused-ring (bicyclic) bond motifs is 1. The van der Waals surface area contributed by atoms with Crippen molar-refractivity contribution >= 4 is 33.9 Å². The van der Waals surface area contributed by atoms with Crippen molar-refractivity contribution < 1.29 is 0 Å². The first-order valence-electron chi connectivity index (χ1n) is 5.41. The molecule has 1 aromatic carbocycles. The minimum atomic E-state index is 0.478. The molecule has 0 saturated carbocycles. The molecule has 0 saturated heterocycles. The summed E-state index contributed by atoms with van der Waals surface area (Å²) in [6.07, 6.45) is 3.68. The van der Waals surface area contributed by atoms with Crippen molar-refractivity contribution in [2.24, 2.45) is 0 Å². The molecule has 0 radical (unpaired) electrons. The molecule has 0 spiro atoms. The predicted molar refractivity (Wildman–Crippen MR) is 73.8 cm³/mol. The number of hydrogen-bond acceptors (Lipinski definition) is 3. The molecule has 0 bridgehead atoms. The average molecular weight is 342 g/mol. The number of halogens is 1. The summed E-state index contributed by atoms with van der Waals surface area (Å²) in [5.74, 6) is 0.478. The lowest BCUT2D eigenvalue weighted by Crippen LogP contribution is -2.10. The molecule has 2 nitrogen and oxygen atoms in total. The number of hydrogen-bond donors (Lipinski definition) is 0. The van der Waals surface area contributed by atoms with E-state index >= 15 is 0 Å². The summed E-state index contributed by atoms with van der Waals surface area (Å²) in [5, 5.41) is 9.60. The summed E-state index contributed by atoms with van der Waals surface area (Å²) in [4.78, 5) is 0. The Hall–Kier alpha value is -0.490. The molecule has 0 aliphatic heterocycles. The van der Waals surface area contributed by atoms with E-state index < -0.39 is 0 Å². The molecule has 2 aromatic rings. The standard InChI is InChI=1S/C12H11IN2S/c13-12-15-14-11(16-12)10-7-3-5-8-4-1-2-6-9(8)10/h1-2,4,6,10H,3,5,7H2. The molecule has 16 heavy (non-hydrogen) atoms. The van der Waals surface area contributed by atoms with Gasteiger partial charge >= 0.3 is 0 Å². The lowest BCUT2D eigenvalue weighted by molar-refractivity contribution is 0.609. The zero-order chi connectivity index (χ0) is 11.0. The first kappa shape index (κ1) is 10.7. The first-order valence-corrected chi connectivity index (χ1v) is 7.31. The third-order valence-corrected chi connectivity index (χ3v) is 4.79. The van der Waals surface area contributed by atoms with Gasteiger partial charge in [0.15, 0.2) is 3.01 Å². The summed E-state index contributed by atoms with van der Waals surface area (Å²) < 4.78 is 1.04. The van der Waals surface area contributed by atoms with Crippen molar-refractivity contribution in [1.82, 2.24) is 10.2 Å². The van der Waals surface area contributed by atoms with E-state index in [9.17, 15) is 0 Å². The third kappa shape index (κ3) is 1.88. The van der Waals surface area contributed by atoms with Gasteiger partial charge in [0.2, 0.25) is 0 Å². The molecule has 82 valence electrons. The highest BCUT2D eigenvalue weighted by molar-refractivity contribution is 14.1. The molecule has 0 fully saturated rings. The maximum Gasteiger partial charge on any atom is 0.178 e. The molecule has 1 aromatic heterocycles. The number of aromatic nitrogens is 2. The van der Waals surface area contributed by atoms with Gasteiger partial charge in [0.25, 0.3) is 0 Å². The second-order valence-corrected chi connectivity index (χ2v) is 6.80. The molecular weight excluding hydrogens is 331 g/mol. The second kappa shape index (κ2) is 4.41. The molecule has 1 unspecified atom stereocenters. The molecule has 4 heteroatoms. The van der Waals surface area contributed by atoms with Crippen molar-refractivity contribution in [1.29, 1.82) is 0 Å². The van der Waals surface area contributed by atoms with Crippen LogP contribution in [0.5, 0.6) is 0 Å². The molecule has 1 heterocycles. The highest BCUT2D eigenvalue weighted by Gasteiger charge is 2.24. The number of benzene rings is 1. The van der Waals surface area contributed by atoms with Crippen molar-refractivity contribution in [2.45, 2.75) is 25.2 Å². The summed E-state index contributed by atoms with van der Waals surface area (Å²) in [6, 6.07) is 8.75. The fraction of sp³-hybridized carbons (Fsp3) is 0.333. The topological polar surface area (TPSA) is 25.8 Å². The summed E-state index contributed by atoms with van der Waals surface area (Å²) in [6.45, 7) is 0. The van der Waals surface area contributed by atoms with Crippen molar-refractivity contribution in [3.63, 3.8) is 0 Å². The average Bonchev–Trinajstić information content (AvgIpc) is 2.75. The minimum Gasteiger partial charge on any atom is -0.142 e. The molecule has 1 aliphatic carbocycles. The maximum absolute atomic E-state index is 4.30. The van der Waals surface area contributed by atoms with Gasteiger partial charge in [-0.25, -0.2) is 0 Å². The monoisotopic (exact) mass is 342 g/mol. The summed E-state index contributed by atoms with van der Waals surface area (Å²) in [5.41, 5.74) is 2.95. The van der Waals surface area contributed by atoms with Gasteiger partial charge in [-0.2, -0.15) is 0 Å². The van der Waals surface area contributed by atoms with Gasteiger partial charge in [-0.1, -0.05) is 35.6 Å². The Morgan fingerprint density at radius 1 is 1.25 bits per heavy atom. The van der Waals surface area contributed by atoms with Crippen LogP contribution >= 0.6 is 33.9 Å². The van der Waals surface area contributed by atoms with E-state index in [1.54, 1.807) is 11.3 Å². The Labute approximate surface area is 112 Å². The Balaban J connectivity index is 2.04. The van der Waals surface area contributed by atoms with Crippen molar-refractivity contribution in [2.75, 3.05) is 0 Å². The molecule has 1 aliphatic rings. The van der Waals surface area contributed by atoms with Crippen LogP contribution in [0.15, 0.2) is 24.3 Å². The second-order valence-electron chi connectivity index (χ2n) is 4.04. The van der Waals surface area contributed by atoms with Crippen LogP contribution in [0.1, 0.15) is 34.9 Å². The van der Waals surface area contributed by atoms with Gasteiger partial charge in [-0.05, 0) is 53.0 Å². The zero-order valence-corrected chi connectivity index (χ0v) is 11.7. The van der Waals surface area contributed by atoms with Crippen LogP contribution < -0.4 is 0 Å². The minimum absolute atomic E-state index is 0.478. The van der Waals surface area contributed by atoms with Gasteiger partial charge in [-0.3, -0.25) is 0 Å². The normalized spacial score (nSPS) is 19.4. The smallest absolute Gasteiger partial charge is 0.142 e. The third-order valence-electron chi connectivity index (χ3n) is 3.08. The van der Waals surface area contributed by atoms with Crippen molar-refractivity contribution in [3.05, 3.63) is 43.4 Å². The van der Waals surface area contributed by atoms with Gasteiger partial charge in [-0.15, -0.1) is 10.2 Å². The zero-order valence-electron chi connectivity index (χ0n) is 8.69. The largest absolute Gasteiger partial charge is 0.178 e. The van der Waals surface area contributed by atoms with Crippen LogP contribution in [-0.4, -0.2) is 10.2 Å². The van der Waals surface area contributed by atoms with E-state index in [-0.39, 0.29) is 0 Å². The Morgan fingerprint density at radius 2 is 2.12 bits per heavy atom. The van der Waals surface area contributed by atoms with Crippen LogP contribution in [0.2, 0.25) is 0 Å². The predicted octanol–water partition coefficient (Wildman–Crippen LogP) is 3.61. The van der Waals surface area contributed by atoms with E-state index in [0.717, 1.165) is 3.01 Å². The molecule has 3 rings (SSSR count). The fourth-order valence-electron chi connectivity index (χ4n) is 2.37. The molecule has 0 amide bonds. The fourth-order valence-corrected chi connectivity index (χ4v) is 3.87. The van der Waals surface area contributed by atoms with E-state index in [4.69, 9.17) is 0 Å². The summed E-state index contributed by atoms with van der Waals surface area (Å²) in [7, 11) is 0. The van der Waals surface area contributed by atoms with Crippen molar-refractivity contribution in [3.8, 4) is 0 Å². The van der Waals surface area contributed by atoms with Gasteiger partial charge < -0.3 is 0 Å². The van der Waals surface area contributed by atoms with E-state index in [1.165, 1.54) is 35.4 Å². The maximum atomic E-state index is 4.30. The molecule has 1 atom stereocenters. The molecular formula is C12H11IN2S. The Kier molecular flexibility index (Phi) is 2.93. The van der Waals surface area contributed by atoms with Gasteiger partial charge in [0.05, 0.1) is 0 Å².